The first kappa shape index (κ1) is 38.6. The van der Waals surface area contributed by atoms with Crippen LogP contribution in [0.2, 0.25) is 0 Å². The van der Waals surface area contributed by atoms with E-state index in [1.54, 1.807) is 0 Å². The van der Waals surface area contributed by atoms with Crippen molar-refractivity contribution >= 4 is 0 Å². The zero-order valence-corrected chi connectivity index (χ0v) is 6.73. The summed E-state index contributed by atoms with van der Waals surface area (Å²) in [6, 6.07) is 0. The van der Waals surface area contributed by atoms with Crippen molar-refractivity contribution in [3.8, 4) is 0 Å². The third kappa shape index (κ3) is 658. The van der Waals surface area contributed by atoms with Crippen LogP contribution in [0.4, 0.5) is 0 Å². The maximum absolute atomic E-state index is 8.25. The molecule has 1 N–H and O–H groups in total. The van der Waals surface area contributed by atoms with Gasteiger partial charge in [-0.25, -0.2) is 0 Å². The molecular formula is C3H10O4Ti. The summed E-state index contributed by atoms with van der Waals surface area (Å²) < 4.78 is 0. The molecule has 0 heterocycles. The van der Waals surface area contributed by atoms with Crippen molar-refractivity contribution in [2.24, 2.45) is 0 Å². The molecule has 0 spiro atoms. The third-order valence-corrected chi connectivity index (χ3v) is 0. The van der Waals surface area contributed by atoms with Crippen LogP contribution >= 0.6 is 0 Å². The Balaban J connectivity index is -0.00000000500. The molecule has 0 aromatic carbocycles. The van der Waals surface area contributed by atoms with Gasteiger partial charge in [-0.2, -0.15) is 21.3 Å². The molecule has 0 saturated heterocycles. The van der Waals surface area contributed by atoms with E-state index in [0.29, 0.717) is 0 Å². The fourth-order valence-electron chi connectivity index (χ4n) is 0. The Hall–Kier alpha value is 0.554. The zero-order chi connectivity index (χ0) is 6.00. The van der Waals surface area contributed by atoms with Crippen LogP contribution in [-0.2, 0) is 21.7 Å². The van der Waals surface area contributed by atoms with Crippen LogP contribution in [0.15, 0.2) is 0 Å². The maximum atomic E-state index is 8.25. The Morgan fingerprint density at radius 1 is 0.625 bits per heavy atom. The average Bonchev–Trinajstić information content (AvgIpc) is 1.81. The molecule has 5 heteroatoms. The standard InChI is InChI=1S/3CH3O.H2O.Ti/c3*1-2;;/h3*1H3;1H2;/q3*-1;;+4/p-1. The van der Waals surface area contributed by atoms with Gasteiger partial charge in [0.05, 0.1) is 0 Å². The van der Waals surface area contributed by atoms with Gasteiger partial charge in [-0.05, 0) is 0 Å². The molecule has 0 aromatic rings. The summed E-state index contributed by atoms with van der Waals surface area (Å²) in [5, 5.41) is 24.8. The van der Waals surface area contributed by atoms with Gasteiger partial charge in [0, 0.05) is 0 Å². The van der Waals surface area contributed by atoms with Crippen LogP contribution in [-0.4, -0.2) is 26.8 Å². The molecule has 0 aromatic heterocycles. The molecule has 4 nitrogen and oxygen atoms in total. The molecule has 0 rings (SSSR count). The molecule has 8 heavy (non-hydrogen) atoms. The largest absolute Gasteiger partial charge is 4.00 e. The monoisotopic (exact) mass is 158 g/mol. The Bertz CT molecular complexity index is 11.2. The summed E-state index contributed by atoms with van der Waals surface area (Å²) in [4.78, 5) is 0. The summed E-state index contributed by atoms with van der Waals surface area (Å²) in [5.41, 5.74) is 0. The summed E-state index contributed by atoms with van der Waals surface area (Å²) in [6.45, 7) is 0. The van der Waals surface area contributed by atoms with Gasteiger partial charge in [0.2, 0.25) is 0 Å². The van der Waals surface area contributed by atoms with Crippen molar-refractivity contribution < 1.29 is 42.5 Å². The number of rotatable bonds is 0. The normalized spacial score (nSPS) is 2.25. The molecule has 0 radical (unpaired) electrons. The number of hydrogen-bond acceptors (Lipinski definition) is 4. The summed E-state index contributed by atoms with van der Waals surface area (Å²) in [5.74, 6) is 0. The first-order valence-electron chi connectivity index (χ1n) is 1.22. The molecular weight excluding hydrogens is 148 g/mol. The van der Waals surface area contributed by atoms with Gasteiger partial charge in [-0.1, -0.05) is 0 Å². The Kier molecular flexibility index (Phi) is 5100. The summed E-state index contributed by atoms with van der Waals surface area (Å²) >= 11 is 0. The van der Waals surface area contributed by atoms with Crippen molar-refractivity contribution in [2.75, 3.05) is 21.3 Å². The molecule has 0 saturated carbocycles. The van der Waals surface area contributed by atoms with Gasteiger partial charge in [-0.3, -0.25) is 0 Å². The zero-order valence-electron chi connectivity index (χ0n) is 5.17. The average molecular weight is 158 g/mol. The van der Waals surface area contributed by atoms with Crippen molar-refractivity contribution in [3.63, 3.8) is 0 Å². The smallest absolute Gasteiger partial charge is 0.870 e. The van der Waals surface area contributed by atoms with Crippen molar-refractivity contribution in [3.05, 3.63) is 0 Å². The van der Waals surface area contributed by atoms with E-state index in [-0.39, 0.29) is 27.2 Å². The second-order valence-corrected chi connectivity index (χ2v) is 0. The van der Waals surface area contributed by atoms with Crippen LogP contribution in [0.1, 0.15) is 0 Å². The fraction of sp³-hybridized carbons (Fsp3) is 1.00. The van der Waals surface area contributed by atoms with E-state index in [9.17, 15) is 0 Å². The maximum Gasteiger partial charge on any atom is 4.00 e. The van der Waals surface area contributed by atoms with Gasteiger partial charge in [0.25, 0.3) is 0 Å². The molecule has 0 amide bonds. The Morgan fingerprint density at radius 2 is 0.625 bits per heavy atom. The predicted molar refractivity (Wildman–Crippen MR) is 19.7 cm³/mol. The quantitative estimate of drug-likeness (QED) is 0.345. The van der Waals surface area contributed by atoms with E-state index < -0.39 is 0 Å². The van der Waals surface area contributed by atoms with E-state index >= 15 is 0 Å². The van der Waals surface area contributed by atoms with E-state index in [0.717, 1.165) is 21.3 Å². The van der Waals surface area contributed by atoms with E-state index in [1.165, 1.54) is 0 Å². The van der Waals surface area contributed by atoms with Crippen LogP contribution in [0, 0.1) is 0 Å². The van der Waals surface area contributed by atoms with Gasteiger partial charge >= 0.3 is 21.7 Å². The minimum atomic E-state index is 0. The van der Waals surface area contributed by atoms with Crippen LogP contribution in [0.3, 0.4) is 0 Å². The molecule has 0 fully saturated rings. The molecule has 0 unspecified atom stereocenters. The van der Waals surface area contributed by atoms with Crippen molar-refractivity contribution in [2.45, 2.75) is 0 Å². The second-order valence-electron chi connectivity index (χ2n) is 0. The minimum Gasteiger partial charge on any atom is -0.870 e. The summed E-state index contributed by atoms with van der Waals surface area (Å²) in [6.07, 6.45) is 0. The molecule has 0 atom stereocenters. The molecule has 50 valence electrons. The van der Waals surface area contributed by atoms with Crippen LogP contribution < -0.4 is 15.3 Å². The predicted octanol–water partition coefficient (Wildman–Crippen LogP) is -3.25. The number of hydrogen-bond donors (Lipinski definition) is 0. The van der Waals surface area contributed by atoms with Crippen LogP contribution in [0.5, 0.6) is 0 Å². The first-order valence-corrected chi connectivity index (χ1v) is 1.22. The molecule has 0 aliphatic heterocycles. The topological polar surface area (TPSA) is 99.2 Å². The van der Waals surface area contributed by atoms with Gasteiger partial charge in [-0.15, -0.1) is 0 Å². The van der Waals surface area contributed by atoms with Gasteiger partial charge in [0.1, 0.15) is 0 Å². The van der Waals surface area contributed by atoms with Gasteiger partial charge < -0.3 is 20.8 Å². The molecule has 0 bridgehead atoms. The Labute approximate surface area is 64.4 Å². The SMILES string of the molecule is C[O-].C[O-].C[O-].[OH-].[Ti+4]. The third-order valence-electron chi connectivity index (χ3n) is 0. The van der Waals surface area contributed by atoms with E-state index in [4.69, 9.17) is 15.3 Å². The van der Waals surface area contributed by atoms with Crippen molar-refractivity contribution in [1.29, 1.82) is 0 Å². The minimum absolute atomic E-state index is 0. The van der Waals surface area contributed by atoms with Crippen molar-refractivity contribution in [1.82, 2.24) is 0 Å². The molecule has 0 aliphatic rings. The Morgan fingerprint density at radius 3 is 0.625 bits per heavy atom. The van der Waals surface area contributed by atoms with Crippen LogP contribution in [0.25, 0.3) is 0 Å². The first-order chi connectivity index (χ1) is 3.00. The van der Waals surface area contributed by atoms with E-state index in [1.807, 2.05) is 0 Å². The fourth-order valence-corrected chi connectivity index (χ4v) is 0. The second kappa shape index (κ2) is 1060. The van der Waals surface area contributed by atoms with E-state index in [2.05, 4.69) is 0 Å². The van der Waals surface area contributed by atoms with Gasteiger partial charge in [0.15, 0.2) is 0 Å². The summed E-state index contributed by atoms with van der Waals surface area (Å²) in [7, 11) is 2.25. The molecule has 0 aliphatic carbocycles.